The van der Waals surface area contributed by atoms with Crippen molar-refractivity contribution in [1.29, 1.82) is 0 Å². The van der Waals surface area contributed by atoms with Crippen LogP contribution in [0.3, 0.4) is 0 Å². The summed E-state index contributed by atoms with van der Waals surface area (Å²) in [4.78, 5) is 12.4. The Kier molecular flexibility index (Phi) is 4.28. The van der Waals surface area contributed by atoms with E-state index in [0.717, 1.165) is 42.2 Å². The average Bonchev–Trinajstić information content (AvgIpc) is 2.81. The molecule has 0 aromatic carbocycles. The van der Waals surface area contributed by atoms with Crippen LogP contribution in [0, 0.1) is 0 Å². The molecule has 0 atom stereocenters. The molecule has 0 bridgehead atoms. The number of rotatable bonds is 6. The van der Waals surface area contributed by atoms with E-state index in [4.69, 9.17) is 0 Å². The van der Waals surface area contributed by atoms with Gasteiger partial charge in [0.1, 0.15) is 4.83 Å². The lowest BCUT2D eigenvalue weighted by atomic mass is 10.4. The summed E-state index contributed by atoms with van der Waals surface area (Å²) in [6.07, 6.45) is 3.02. The molecule has 2 heterocycles. The summed E-state index contributed by atoms with van der Waals surface area (Å²) in [5, 5.41) is 6.35. The summed E-state index contributed by atoms with van der Waals surface area (Å²) < 4.78 is 0. The zero-order valence-corrected chi connectivity index (χ0v) is 11.1. The first-order chi connectivity index (χ1) is 8.35. The third-order valence-corrected chi connectivity index (χ3v) is 3.43. The summed E-state index contributed by atoms with van der Waals surface area (Å²) in [6, 6.07) is 2.06. The van der Waals surface area contributed by atoms with Crippen LogP contribution in [0.5, 0.6) is 0 Å². The van der Waals surface area contributed by atoms with Crippen molar-refractivity contribution in [3.63, 3.8) is 0 Å². The molecule has 0 saturated carbocycles. The lowest BCUT2D eigenvalue weighted by Crippen LogP contribution is -2.32. The fourth-order valence-corrected chi connectivity index (χ4v) is 2.46. The molecule has 0 fully saturated rings. The van der Waals surface area contributed by atoms with Gasteiger partial charge in [-0.05, 0) is 24.9 Å². The molecule has 0 aliphatic heterocycles. The number of anilines is 1. The first-order valence-corrected chi connectivity index (χ1v) is 6.83. The number of likely N-dealkylation sites (N-methyl/N-ethyl adjacent to an activating group) is 1. The number of hydrogen-bond donors (Lipinski definition) is 1. The molecular weight excluding hydrogens is 232 g/mol. The van der Waals surface area contributed by atoms with Gasteiger partial charge in [-0.25, -0.2) is 9.97 Å². The number of hydrogen-bond acceptors (Lipinski definition) is 5. The van der Waals surface area contributed by atoms with E-state index in [2.05, 4.69) is 38.6 Å². The maximum atomic E-state index is 4.61. The topological polar surface area (TPSA) is 41.0 Å². The van der Waals surface area contributed by atoms with E-state index in [1.165, 1.54) is 0 Å². The molecule has 2 rings (SSSR count). The van der Waals surface area contributed by atoms with Gasteiger partial charge in [-0.3, -0.25) is 0 Å². The van der Waals surface area contributed by atoms with Gasteiger partial charge in [-0.2, -0.15) is 0 Å². The SMILES string of the molecule is CCCN(CCNC)c1ncc2ccsc2n1. The standard InChI is InChI=1S/C12H18N4S/c1-3-6-16(7-5-13-2)12-14-9-10-4-8-17-11(10)15-12/h4,8-9,13H,3,5-7H2,1-2H3. The Balaban J connectivity index is 2.20. The van der Waals surface area contributed by atoms with Crippen molar-refractivity contribution < 1.29 is 0 Å². The Hall–Kier alpha value is -1.20. The summed E-state index contributed by atoms with van der Waals surface area (Å²) in [5.41, 5.74) is 0. The third kappa shape index (κ3) is 2.92. The van der Waals surface area contributed by atoms with Crippen LogP contribution in [0.1, 0.15) is 13.3 Å². The second-order valence-corrected chi connectivity index (χ2v) is 4.84. The predicted octanol–water partition coefficient (Wildman–Crippen LogP) is 2.13. The average molecular weight is 250 g/mol. The molecule has 2 aromatic heterocycles. The monoisotopic (exact) mass is 250 g/mol. The largest absolute Gasteiger partial charge is 0.340 e. The van der Waals surface area contributed by atoms with E-state index >= 15 is 0 Å². The zero-order valence-electron chi connectivity index (χ0n) is 10.3. The van der Waals surface area contributed by atoms with Gasteiger partial charge in [0.05, 0.1) is 0 Å². The highest BCUT2D eigenvalue weighted by molar-refractivity contribution is 7.16. The van der Waals surface area contributed by atoms with E-state index < -0.39 is 0 Å². The van der Waals surface area contributed by atoms with Crippen molar-refractivity contribution in [3.05, 3.63) is 17.6 Å². The van der Waals surface area contributed by atoms with Crippen LogP contribution in [0.15, 0.2) is 17.6 Å². The lowest BCUT2D eigenvalue weighted by Gasteiger charge is -2.21. The molecule has 0 unspecified atom stereocenters. The van der Waals surface area contributed by atoms with Crippen LogP contribution in [0.2, 0.25) is 0 Å². The molecular formula is C12H18N4S. The van der Waals surface area contributed by atoms with Crippen LogP contribution in [0.4, 0.5) is 5.95 Å². The Morgan fingerprint density at radius 1 is 1.41 bits per heavy atom. The van der Waals surface area contributed by atoms with Gasteiger partial charge in [0, 0.05) is 31.2 Å². The number of aromatic nitrogens is 2. The molecule has 17 heavy (non-hydrogen) atoms. The molecule has 92 valence electrons. The molecule has 0 spiro atoms. The predicted molar refractivity (Wildman–Crippen MR) is 73.8 cm³/mol. The second-order valence-electron chi connectivity index (χ2n) is 3.94. The van der Waals surface area contributed by atoms with Crippen LogP contribution >= 0.6 is 11.3 Å². The smallest absolute Gasteiger partial charge is 0.226 e. The highest BCUT2D eigenvalue weighted by Crippen LogP contribution is 2.20. The number of thiophene rings is 1. The van der Waals surface area contributed by atoms with E-state index in [-0.39, 0.29) is 0 Å². The third-order valence-electron chi connectivity index (χ3n) is 2.60. The van der Waals surface area contributed by atoms with Gasteiger partial charge in [-0.15, -0.1) is 11.3 Å². The Morgan fingerprint density at radius 2 is 2.29 bits per heavy atom. The molecule has 0 radical (unpaired) electrons. The molecule has 0 aliphatic rings. The first-order valence-electron chi connectivity index (χ1n) is 5.95. The van der Waals surface area contributed by atoms with Crippen molar-refractivity contribution in [1.82, 2.24) is 15.3 Å². The Bertz CT molecular complexity index is 468. The summed E-state index contributed by atoms with van der Waals surface area (Å²) in [7, 11) is 1.97. The maximum Gasteiger partial charge on any atom is 0.226 e. The molecule has 0 amide bonds. The summed E-state index contributed by atoms with van der Waals surface area (Å²) in [5.74, 6) is 0.844. The fraction of sp³-hybridized carbons (Fsp3) is 0.500. The Morgan fingerprint density at radius 3 is 3.06 bits per heavy atom. The maximum absolute atomic E-state index is 4.61. The summed E-state index contributed by atoms with van der Waals surface area (Å²) >= 11 is 1.67. The van der Waals surface area contributed by atoms with E-state index in [1.807, 2.05) is 13.2 Å². The van der Waals surface area contributed by atoms with Gasteiger partial charge in [0.25, 0.3) is 0 Å². The zero-order chi connectivity index (χ0) is 12.1. The van der Waals surface area contributed by atoms with Crippen LogP contribution in [-0.2, 0) is 0 Å². The Labute approximate surface area is 106 Å². The van der Waals surface area contributed by atoms with Crippen molar-refractivity contribution >= 4 is 27.5 Å². The highest BCUT2D eigenvalue weighted by Gasteiger charge is 2.09. The number of nitrogens with zero attached hydrogens (tertiary/aromatic N) is 3. The minimum atomic E-state index is 0.844. The highest BCUT2D eigenvalue weighted by atomic mass is 32.1. The first kappa shape index (κ1) is 12.3. The molecule has 0 aliphatic carbocycles. The minimum absolute atomic E-state index is 0.844. The van der Waals surface area contributed by atoms with E-state index in [9.17, 15) is 0 Å². The molecule has 2 aromatic rings. The molecule has 4 nitrogen and oxygen atoms in total. The second kappa shape index (κ2) is 5.93. The quantitative estimate of drug-likeness (QED) is 0.852. The lowest BCUT2D eigenvalue weighted by molar-refractivity contribution is 0.695. The number of fused-ring (bicyclic) bond motifs is 1. The van der Waals surface area contributed by atoms with Gasteiger partial charge in [0.2, 0.25) is 5.95 Å². The van der Waals surface area contributed by atoms with Crippen LogP contribution < -0.4 is 10.2 Å². The fourth-order valence-electron chi connectivity index (χ4n) is 1.73. The van der Waals surface area contributed by atoms with Crippen LogP contribution in [0.25, 0.3) is 10.2 Å². The van der Waals surface area contributed by atoms with E-state index in [0.29, 0.717) is 0 Å². The van der Waals surface area contributed by atoms with Crippen molar-refractivity contribution in [2.24, 2.45) is 0 Å². The van der Waals surface area contributed by atoms with Crippen LogP contribution in [-0.4, -0.2) is 36.6 Å². The summed E-state index contributed by atoms with van der Waals surface area (Å²) in [6.45, 7) is 5.07. The van der Waals surface area contributed by atoms with Gasteiger partial charge in [0.15, 0.2) is 0 Å². The molecule has 1 N–H and O–H groups in total. The minimum Gasteiger partial charge on any atom is -0.340 e. The normalized spacial score (nSPS) is 10.9. The molecule has 5 heteroatoms. The molecule has 0 saturated heterocycles. The van der Waals surface area contributed by atoms with Crippen molar-refractivity contribution in [2.45, 2.75) is 13.3 Å². The van der Waals surface area contributed by atoms with Crippen molar-refractivity contribution in [2.75, 3.05) is 31.6 Å². The van der Waals surface area contributed by atoms with Gasteiger partial charge < -0.3 is 10.2 Å². The van der Waals surface area contributed by atoms with Crippen molar-refractivity contribution in [3.8, 4) is 0 Å². The van der Waals surface area contributed by atoms with Gasteiger partial charge in [-0.1, -0.05) is 6.92 Å². The number of nitrogens with one attached hydrogen (secondary N) is 1. The van der Waals surface area contributed by atoms with E-state index in [1.54, 1.807) is 11.3 Å². The van der Waals surface area contributed by atoms with Gasteiger partial charge >= 0.3 is 0 Å².